The van der Waals surface area contributed by atoms with E-state index in [0.717, 1.165) is 31.1 Å². The van der Waals surface area contributed by atoms with Gasteiger partial charge in [0.1, 0.15) is 11.3 Å². The van der Waals surface area contributed by atoms with Gasteiger partial charge in [-0.05, 0) is 38.0 Å². The number of imide groups is 1. The highest BCUT2D eigenvalue weighted by Crippen LogP contribution is 2.29. The fourth-order valence-corrected chi connectivity index (χ4v) is 3.17. The normalized spacial score (nSPS) is 14.1. The number of amides is 3. The van der Waals surface area contributed by atoms with E-state index in [-0.39, 0.29) is 11.8 Å². The first-order valence-corrected chi connectivity index (χ1v) is 8.82. The Kier molecular flexibility index (Phi) is 5.63. The Morgan fingerprint density at radius 1 is 1.22 bits per heavy atom. The number of hydrogen-bond acceptors (Lipinski definition) is 6. The number of rotatable bonds is 5. The Morgan fingerprint density at radius 2 is 1.96 bits per heavy atom. The second kappa shape index (κ2) is 8.11. The average Bonchev–Trinajstić information content (AvgIpc) is 3.27. The SMILES string of the molecule is COc1ccc2oc(C(=O)OCC(=O)NC(=O)NC3CCCC3)c(C)c2c1. The van der Waals surface area contributed by atoms with E-state index in [1.165, 1.54) is 0 Å². The van der Waals surface area contributed by atoms with Gasteiger partial charge >= 0.3 is 12.0 Å². The molecule has 8 nitrogen and oxygen atoms in total. The summed E-state index contributed by atoms with van der Waals surface area (Å²) in [5.41, 5.74) is 1.11. The summed E-state index contributed by atoms with van der Waals surface area (Å²) < 4.78 is 15.7. The van der Waals surface area contributed by atoms with E-state index in [0.29, 0.717) is 16.9 Å². The van der Waals surface area contributed by atoms with Crippen molar-refractivity contribution in [2.45, 2.75) is 38.6 Å². The van der Waals surface area contributed by atoms with Crippen molar-refractivity contribution in [1.29, 1.82) is 0 Å². The molecule has 1 aromatic heterocycles. The number of fused-ring (bicyclic) bond motifs is 1. The first-order valence-electron chi connectivity index (χ1n) is 8.82. The van der Waals surface area contributed by atoms with E-state index < -0.39 is 24.5 Å². The number of carbonyl (C=O) groups excluding carboxylic acids is 3. The smallest absolute Gasteiger partial charge is 0.375 e. The Labute approximate surface area is 156 Å². The summed E-state index contributed by atoms with van der Waals surface area (Å²) in [7, 11) is 1.55. The van der Waals surface area contributed by atoms with E-state index in [1.54, 1.807) is 32.2 Å². The summed E-state index contributed by atoms with van der Waals surface area (Å²) in [6.45, 7) is 1.15. The topological polar surface area (TPSA) is 107 Å². The summed E-state index contributed by atoms with van der Waals surface area (Å²) in [4.78, 5) is 35.8. The molecule has 0 spiro atoms. The van der Waals surface area contributed by atoms with Gasteiger partial charge in [-0.3, -0.25) is 10.1 Å². The third kappa shape index (κ3) is 4.39. The van der Waals surface area contributed by atoms with Crippen LogP contribution < -0.4 is 15.4 Å². The highest BCUT2D eigenvalue weighted by Gasteiger charge is 2.22. The summed E-state index contributed by atoms with van der Waals surface area (Å²) in [5.74, 6) is -0.816. The fraction of sp³-hybridized carbons (Fsp3) is 0.421. The molecular weight excluding hydrogens is 352 g/mol. The molecule has 0 radical (unpaired) electrons. The van der Waals surface area contributed by atoms with Gasteiger partial charge in [-0.1, -0.05) is 12.8 Å². The average molecular weight is 374 g/mol. The minimum Gasteiger partial charge on any atom is -0.497 e. The van der Waals surface area contributed by atoms with Crippen molar-refractivity contribution in [3.63, 3.8) is 0 Å². The van der Waals surface area contributed by atoms with E-state index in [9.17, 15) is 14.4 Å². The van der Waals surface area contributed by atoms with Crippen molar-refractivity contribution in [2.75, 3.05) is 13.7 Å². The lowest BCUT2D eigenvalue weighted by Gasteiger charge is -2.12. The number of furan rings is 1. The Morgan fingerprint density at radius 3 is 2.67 bits per heavy atom. The second-order valence-corrected chi connectivity index (χ2v) is 6.50. The highest BCUT2D eigenvalue weighted by molar-refractivity contribution is 5.99. The van der Waals surface area contributed by atoms with Gasteiger partial charge in [0.25, 0.3) is 5.91 Å². The predicted octanol–water partition coefficient (Wildman–Crippen LogP) is 2.68. The Balaban J connectivity index is 1.55. The van der Waals surface area contributed by atoms with Gasteiger partial charge in [-0.15, -0.1) is 0 Å². The molecule has 3 rings (SSSR count). The largest absolute Gasteiger partial charge is 0.497 e. The molecular formula is C19H22N2O6. The highest BCUT2D eigenvalue weighted by atomic mass is 16.5. The van der Waals surface area contributed by atoms with Crippen molar-refractivity contribution in [3.8, 4) is 5.75 Å². The molecule has 0 unspecified atom stereocenters. The van der Waals surface area contributed by atoms with Crippen LogP contribution in [-0.4, -0.2) is 37.7 Å². The Hall–Kier alpha value is -3.03. The van der Waals surface area contributed by atoms with E-state index in [1.807, 2.05) is 0 Å². The van der Waals surface area contributed by atoms with Crippen molar-refractivity contribution >= 4 is 28.9 Å². The van der Waals surface area contributed by atoms with Crippen LogP contribution in [0.4, 0.5) is 4.79 Å². The number of aryl methyl sites for hydroxylation is 1. The quantitative estimate of drug-likeness (QED) is 0.779. The molecule has 2 aromatic rings. The van der Waals surface area contributed by atoms with Gasteiger partial charge in [0.2, 0.25) is 5.76 Å². The number of methoxy groups -OCH3 is 1. The van der Waals surface area contributed by atoms with Gasteiger partial charge in [-0.25, -0.2) is 9.59 Å². The minimum absolute atomic E-state index is 0.0152. The lowest BCUT2D eigenvalue weighted by Crippen LogP contribution is -2.45. The number of benzene rings is 1. The molecule has 0 atom stereocenters. The molecule has 1 saturated carbocycles. The lowest BCUT2D eigenvalue weighted by molar-refractivity contribution is -0.123. The van der Waals surface area contributed by atoms with Crippen LogP contribution in [0.3, 0.4) is 0 Å². The summed E-state index contributed by atoms with van der Waals surface area (Å²) in [6, 6.07) is 4.69. The van der Waals surface area contributed by atoms with Crippen LogP contribution in [0.25, 0.3) is 11.0 Å². The predicted molar refractivity (Wildman–Crippen MR) is 96.7 cm³/mol. The van der Waals surface area contributed by atoms with E-state index in [2.05, 4.69) is 10.6 Å². The minimum atomic E-state index is -0.769. The number of urea groups is 1. The summed E-state index contributed by atoms with van der Waals surface area (Å²) >= 11 is 0. The number of esters is 1. The van der Waals surface area contributed by atoms with Gasteiger partial charge in [0.05, 0.1) is 7.11 Å². The molecule has 0 aliphatic heterocycles. The first-order chi connectivity index (χ1) is 13.0. The fourth-order valence-electron chi connectivity index (χ4n) is 3.17. The van der Waals surface area contributed by atoms with Crippen molar-refractivity contribution in [3.05, 3.63) is 29.5 Å². The standard InChI is InChI=1S/C19H22N2O6/c1-11-14-9-13(25-2)7-8-15(14)27-17(11)18(23)26-10-16(22)21-19(24)20-12-5-3-4-6-12/h7-9,12H,3-6,10H2,1-2H3,(H2,20,21,22,24). The maximum Gasteiger partial charge on any atom is 0.375 e. The molecule has 1 heterocycles. The molecule has 27 heavy (non-hydrogen) atoms. The molecule has 1 aromatic carbocycles. The molecule has 0 saturated heterocycles. The van der Waals surface area contributed by atoms with Crippen LogP contribution in [0.5, 0.6) is 5.75 Å². The van der Waals surface area contributed by atoms with Gasteiger partial charge in [0, 0.05) is 17.0 Å². The molecule has 0 bridgehead atoms. The second-order valence-electron chi connectivity index (χ2n) is 6.50. The van der Waals surface area contributed by atoms with E-state index >= 15 is 0 Å². The van der Waals surface area contributed by atoms with E-state index in [4.69, 9.17) is 13.9 Å². The first kappa shape index (κ1) is 18.8. The third-order valence-corrected chi connectivity index (χ3v) is 4.61. The van der Waals surface area contributed by atoms with Crippen LogP contribution in [0.2, 0.25) is 0 Å². The maximum absolute atomic E-state index is 12.2. The van der Waals surface area contributed by atoms with Gasteiger partial charge < -0.3 is 19.2 Å². The van der Waals surface area contributed by atoms with Crippen LogP contribution in [-0.2, 0) is 9.53 Å². The Bertz CT molecular complexity index is 866. The van der Waals surface area contributed by atoms with Crippen LogP contribution in [0, 0.1) is 6.92 Å². The number of carbonyl (C=O) groups is 3. The van der Waals surface area contributed by atoms with Crippen LogP contribution in [0.15, 0.2) is 22.6 Å². The lowest BCUT2D eigenvalue weighted by atomic mass is 10.1. The third-order valence-electron chi connectivity index (χ3n) is 4.61. The zero-order valence-corrected chi connectivity index (χ0v) is 15.3. The molecule has 1 aliphatic carbocycles. The number of ether oxygens (including phenoxy) is 2. The molecule has 1 aliphatic rings. The maximum atomic E-state index is 12.2. The molecule has 2 N–H and O–H groups in total. The zero-order chi connectivity index (χ0) is 19.4. The van der Waals surface area contributed by atoms with Crippen molar-refractivity contribution in [2.24, 2.45) is 0 Å². The summed E-state index contributed by atoms with van der Waals surface area (Å²) in [5, 5.41) is 5.61. The van der Waals surface area contributed by atoms with Crippen molar-refractivity contribution < 1.29 is 28.3 Å². The van der Waals surface area contributed by atoms with Gasteiger partial charge in [0.15, 0.2) is 6.61 Å². The zero-order valence-electron chi connectivity index (χ0n) is 15.3. The number of hydrogen-bond donors (Lipinski definition) is 2. The molecule has 3 amide bonds. The summed E-state index contributed by atoms with van der Waals surface area (Å²) in [6.07, 6.45) is 3.96. The van der Waals surface area contributed by atoms with Crippen LogP contribution in [0.1, 0.15) is 41.8 Å². The monoisotopic (exact) mass is 374 g/mol. The molecule has 144 valence electrons. The molecule has 8 heteroatoms. The molecule has 1 fully saturated rings. The van der Waals surface area contributed by atoms with Gasteiger partial charge in [-0.2, -0.15) is 0 Å². The van der Waals surface area contributed by atoms with Crippen LogP contribution >= 0.6 is 0 Å². The van der Waals surface area contributed by atoms with Crippen molar-refractivity contribution in [1.82, 2.24) is 10.6 Å². The number of nitrogens with one attached hydrogen (secondary N) is 2.